The summed E-state index contributed by atoms with van der Waals surface area (Å²) in [4.78, 5) is 8.51. The summed E-state index contributed by atoms with van der Waals surface area (Å²) >= 11 is 1.32. The second kappa shape index (κ2) is 4.46. The average Bonchev–Trinajstić information content (AvgIpc) is 2.98. The molecule has 0 fully saturated rings. The van der Waals surface area contributed by atoms with Crippen LogP contribution in [-0.2, 0) is 10.0 Å². The second-order valence-corrected chi connectivity index (χ2v) is 6.80. The Balaban J connectivity index is 2.17. The fourth-order valence-electron chi connectivity index (χ4n) is 1.85. The maximum atomic E-state index is 12.7. The monoisotopic (exact) mass is 309 g/mol. The zero-order chi connectivity index (χ0) is 14.3. The molecule has 0 amide bonds. The number of hydrogen-bond donors (Lipinski definition) is 1. The number of thiazole rings is 1. The van der Waals surface area contributed by atoms with Crippen LogP contribution in [0.1, 0.15) is 0 Å². The Morgan fingerprint density at radius 1 is 1.45 bits per heavy atom. The molecule has 7 nitrogen and oxygen atoms in total. The van der Waals surface area contributed by atoms with Gasteiger partial charge in [0.25, 0.3) is 10.0 Å². The maximum absolute atomic E-state index is 12.7. The largest absolute Gasteiger partial charge is 0.381 e. The van der Waals surface area contributed by atoms with Crippen LogP contribution in [0.15, 0.2) is 41.1 Å². The Labute approximate surface area is 119 Å². The molecule has 3 heterocycles. The molecule has 0 radical (unpaired) electrons. The van der Waals surface area contributed by atoms with Gasteiger partial charge in [-0.15, -0.1) is 11.3 Å². The first kappa shape index (κ1) is 12.9. The number of anilines is 2. The predicted octanol–water partition coefficient (Wildman–Crippen LogP) is 1.20. The summed E-state index contributed by atoms with van der Waals surface area (Å²) in [6.45, 7) is 0. The Morgan fingerprint density at radius 3 is 2.95 bits per heavy atom. The summed E-state index contributed by atoms with van der Waals surface area (Å²) in [6.07, 6.45) is 4.68. The summed E-state index contributed by atoms with van der Waals surface area (Å²) in [5, 5.41) is 1.73. The first-order valence-electron chi connectivity index (χ1n) is 5.62. The van der Waals surface area contributed by atoms with Gasteiger partial charge >= 0.3 is 0 Å². The second-order valence-electron chi connectivity index (χ2n) is 4.04. The lowest BCUT2D eigenvalue weighted by molar-refractivity contribution is 0.590. The van der Waals surface area contributed by atoms with Crippen molar-refractivity contribution in [1.82, 2.24) is 14.4 Å². The van der Waals surface area contributed by atoms with E-state index in [-0.39, 0.29) is 10.8 Å². The number of nitrogens with two attached hydrogens (primary N) is 1. The molecule has 104 valence electrons. The van der Waals surface area contributed by atoms with Crippen LogP contribution in [0.4, 0.5) is 11.5 Å². The van der Waals surface area contributed by atoms with Gasteiger partial charge in [0.2, 0.25) is 5.03 Å². The lowest BCUT2D eigenvalue weighted by Gasteiger charge is -2.18. The fraction of sp³-hybridized carbons (Fsp3) is 0.0909. The van der Waals surface area contributed by atoms with E-state index >= 15 is 0 Å². The summed E-state index contributed by atoms with van der Waals surface area (Å²) in [5.41, 5.74) is 6.21. The highest BCUT2D eigenvalue weighted by Gasteiger charge is 2.29. The van der Waals surface area contributed by atoms with Crippen molar-refractivity contribution in [3.8, 4) is 0 Å². The van der Waals surface area contributed by atoms with Crippen molar-refractivity contribution in [1.29, 1.82) is 0 Å². The normalized spacial score (nSPS) is 11.8. The van der Waals surface area contributed by atoms with Gasteiger partial charge in [0.15, 0.2) is 10.8 Å². The average molecular weight is 309 g/mol. The minimum atomic E-state index is -3.80. The van der Waals surface area contributed by atoms with Crippen LogP contribution in [0.25, 0.3) is 4.96 Å². The Morgan fingerprint density at radius 2 is 2.25 bits per heavy atom. The van der Waals surface area contributed by atoms with Crippen LogP contribution in [-0.4, -0.2) is 29.8 Å². The highest BCUT2D eigenvalue weighted by atomic mass is 32.2. The number of pyridine rings is 1. The van der Waals surface area contributed by atoms with Crippen LogP contribution in [0.5, 0.6) is 0 Å². The van der Waals surface area contributed by atoms with E-state index in [2.05, 4.69) is 9.97 Å². The van der Waals surface area contributed by atoms with E-state index in [0.717, 1.165) is 4.31 Å². The topological polar surface area (TPSA) is 93.6 Å². The molecule has 0 saturated carbocycles. The third kappa shape index (κ3) is 1.82. The van der Waals surface area contributed by atoms with Gasteiger partial charge in [0, 0.05) is 24.8 Å². The van der Waals surface area contributed by atoms with E-state index in [9.17, 15) is 8.42 Å². The van der Waals surface area contributed by atoms with Crippen molar-refractivity contribution in [3.63, 3.8) is 0 Å². The molecule has 0 aliphatic rings. The van der Waals surface area contributed by atoms with Gasteiger partial charge < -0.3 is 5.73 Å². The molecule has 3 aromatic rings. The van der Waals surface area contributed by atoms with E-state index < -0.39 is 10.0 Å². The Kier molecular flexibility index (Phi) is 2.87. The lowest BCUT2D eigenvalue weighted by Crippen LogP contribution is -2.28. The van der Waals surface area contributed by atoms with Gasteiger partial charge in [0.05, 0.1) is 11.9 Å². The number of sulfonamides is 1. The van der Waals surface area contributed by atoms with Crippen LogP contribution in [0.2, 0.25) is 0 Å². The molecule has 9 heteroatoms. The highest BCUT2D eigenvalue weighted by molar-refractivity contribution is 7.92. The number of fused-ring (bicyclic) bond motifs is 1. The maximum Gasteiger partial charge on any atom is 0.283 e. The van der Waals surface area contributed by atoms with Crippen molar-refractivity contribution in [2.75, 3.05) is 17.1 Å². The van der Waals surface area contributed by atoms with Crippen LogP contribution >= 0.6 is 11.3 Å². The van der Waals surface area contributed by atoms with Gasteiger partial charge in [-0.05, 0) is 12.1 Å². The first-order chi connectivity index (χ1) is 9.51. The highest BCUT2D eigenvalue weighted by Crippen LogP contribution is 2.27. The standard InChI is InChI=1S/C11H11N5O2S2/c1-15(8-3-2-4-13-7-8)20(17,18)10-9(12)14-11-16(10)5-6-19-11/h2-7H,12H2,1H3. The molecule has 0 spiro atoms. The number of imidazole rings is 1. The van der Waals surface area contributed by atoms with Gasteiger partial charge in [-0.1, -0.05) is 0 Å². The predicted molar refractivity (Wildman–Crippen MR) is 77.3 cm³/mol. The van der Waals surface area contributed by atoms with Gasteiger partial charge in [-0.25, -0.2) is 4.98 Å². The number of nitrogen functional groups attached to an aromatic ring is 1. The summed E-state index contributed by atoms with van der Waals surface area (Å²) in [7, 11) is -2.34. The zero-order valence-electron chi connectivity index (χ0n) is 10.5. The molecule has 0 aliphatic heterocycles. The molecule has 0 aromatic carbocycles. The molecule has 0 bridgehead atoms. The molecule has 3 aromatic heterocycles. The molecule has 0 aliphatic carbocycles. The smallest absolute Gasteiger partial charge is 0.283 e. The minimum absolute atomic E-state index is 0.00686. The molecule has 20 heavy (non-hydrogen) atoms. The number of nitrogens with zero attached hydrogens (tertiary/aromatic N) is 4. The summed E-state index contributed by atoms with van der Waals surface area (Å²) < 4.78 is 28.0. The van der Waals surface area contributed by atoms with Crippen molar-refractivity contribution in [2.45, 2.75) is 5.03 Å². The fourth-order valence-corrected chi connectivity index (χ4v) is 3.98. The molecule has 0 saturated heterocycles. The minimum Gasteiger partial charge on any atom is -0.381 e. The Bertz CT molecular complexity index is 853. The number of aromatic nitrogens is 3. The molecule has 0 unspecified atom stereocenters. The van der Waals surface area contributed by atoms with E-state index in [0.29, 0.717) is 10.6 Å². The lowest BCUT2D eigenvalue weighted by atomic mass is 10.4. The van der Waals surface area contributed by atoms with Crippen LogP contribution in [0.3, 0.4) is 0 Å². The van der Waals surface area contributed by atoms with E-state index in [1.54, 1.807) is 29.9 Å². The number of rotatable bonds is 3. The van der Waals surface area contributed by atoms with Gasteiger partial charge in [-0.3, -0.25) is 13.7 Å². The van der Waals surface area contributed by atoms with Crippen LogP contribution in [0, 0.1) is 0 Å². The van der Waals surface area contributed by atoms with E-state index in [1.807, 2.05) is 0 Å². The molecule has 0 atom stereocenters. The van der Waals surface area contributed by atoms with Crippen molar-refractivity contribution < 1.29 is 8.42 Å². The Hall–Kier alpha value is -2.13. The third-order valence-corrected chi connectivity index (χ3v) is 5.44. The first-order valence-corrected chi connectivity index (χ1v) is 7.94. The van der Waals surface area contributed by atoms with Crippen molar-refractivity contribution >= 4 is 37.8 Å². The van der Waals surface area contributed by atoms with E-state index in [1.165, 1.54) is 29.0 Å². The number of hydrogen-bond acceptors (Lipinski definition) is 6. The molecular weight excluding hydrogens is 298 g/mol. The molecule has 3 rings (SSSR count). The SMILES string of the molecule is CN(c1cccnc1)S(=O)(=O)c1c(N)nc2sccn12. The summed E-state index contributed by atoms with van der Waals surface area (Å²) in [6, 6.07) is 3.33. The van der Waals surface area contributed by atoms with Gasteiger partial charge in [-0.2, -0.15) is 8.42 Å². The zero-order valence-corrected chi connectivity index (χ0v) is 12.1. The molecular formula is C11H11N5O2S2. The quantitative estimate of drug-likeness (QED) is 0.784. The van der Waals surface area contributed by atoms with Gasteiger partial charge in [0.1, 0.15) is 0 Å². The van der Waals surface area contributed by atoms with E-state index in [4.69, 9.17) is 5.73 Å². The van der Waals surface area contributed by atoms with Crippen molar-refractivity contribution in [2.24, 2.45) is 0 Å². The molecule has 2 N–H and O–H groups in total. The van der Waals surface area contributed by atoms with Crippen LogP contribution < -0.4 is 10.0 Å². The van der Waals surface area contributed by atoms with Crippen molar-refractivity contribution in [3.05, 3.63) is 36.1 Å². The summed E-state index contributed by atoms with van der Waals surface area (Å²) in [5.74, 6) is -0.00686. The third-order valence-electron chi connectivity index (χ3n) is 2.86.